The van der Waals surface area contributed by atoms with E-state index in [0.29, 0.717) is 6.42 Å². The van der Waals surface area contributed by atoms with Crippen LogP contribution in [0, 0.1) is 0 Å². The summed E-state index contributed by atoms with van der Waals surface area (Å²) in [7, 11) is -4.73. The van der Waals surface area contributed by atoms with E-state index in [1.54, 1.807) is 12.2 Å². The first-order valence-electron chi connectivity index (χ1n) is 23.9. The second kappa shape index (κ2) is 42.6. The molecule has 0 radical (unpaired) electrons. The molecule has 0 fully saturated rings. The number of ether oxygens (including phenoxy) is 2. The highest BCUT2D eigenvalue weighted by molar-refractivity contribution is 7.47. The molecule has 4 N–H and O–H groups in total. The maximum absolute atomic E-state index is 12.6. The van der Waals surface area contributed by atoms with Crippen LogP contribution in [0.1, 0.15) is 226 Å². The van der Waals surface area contributed by atoms with Crippen molar-refractivity contribution in [2.75, 3.05) is 19.8 Å². The second-order valence-corrected chi connectivity index (χ2v) is 17.8. The number of phosphoric ester groups is 1. The third kappa shape index (κ3) is 42.4. The first kappa shape index (κ1) is 57.0. The molecule has 1 unspecified atom stereocenters. The Morgan fingerprint density at radius 2 is 0.949 bits per heavy atom. The lowest BCUT2D eigenvalue weighted by atomic mass is 10.0. The van der Waals surface area contributed by atoms with Gasteiger partial charge in [-0.2, -0.15) is 0 Å². The molecule has 12 heteroatoms. The molecule has 0 aliphatic rings. The van der Waals surface area contributed by atoms with Gasteiger partial charge in [-0.1, -0.05) is 218 Å². The zero-order valence-corrected chi connectivity index (χ0v) is 38.5. The van der Waals surface area contributed by atoms with E-state index in [1.165, 1.54) is 173 Å². The molecule has 3 atom stereocenters. The smallest absolute Gasteiger partial charge is 0.472 e. The molecule has 0 saturated heterocycles. The van der Waals surface area contributed by atoms with Gasteiger partial charge in [-0.25, -0.2) is 9.36 Å². The number of hydrogen-bond acceptors (Lipinski definition) is 9. The Kier molecular flexibility index (Phi) is 41.2. The summed E-state index contributed by atoms with van der Waals surface area (Å²) in [6.07, 6.45) is 45.9. The van der Waals surface area contributed by atoms with Crippen LogP contribution in [-0.2, 0) is 37.5 Å². The minimum atomic E-state index is -4.73. The molecule has 11 nitrogen and oxygen atoms in total. The molecule has 0 aromatic carbocycles. The van der Waals surface area contributed by atoms with Gasteiger partial charge in [-0.3, -0.25) is 18.6 Å². The highest BCUT2D eigenvalue weighted by Gasteiger charge is 2.28. The summed E-state index contributed by atoms with van der Waals surface area (Å²) in [6.45, 7) is 2.72. The van der Waals surface area contributed by atoms with Crippen molar-refractivity contribution in [1.82, 2.24) is 0 Å². The van der Waals surface area contributed by atoms with Gasteiger partial charge in [0, 0.05) is 12.5 Å². The highest BCUT2D eigenvalue weighted by atomic mass is 31.2. The quantitative estimate of drug-likeness (QED) is 0.0175. The largest absolute Gasteiger partial charge is 0.480 e. The lowest BCUT2D eigenvalue weighted by Gasteiger charge is -2.20. The zero-order chi connectivity index (χ0) is 43.5. The van der Waals surface area contributed by atoms with Crippen LogP contribution < -0.4 is 5.73 Å². The van der Waals surface area contributed by atoms with Gasteiger partial charge in [0.25, 0.3) is 0 Å². The molecule has 0 aliphatic carbocycles. The van der Waals surface area contributed by atoms with Crippen molar-refractivity contribution in [3.8, 4) is 0 Å². The molecule has 59 heavy (non-hydrogen) atoms. The van der Waals surface area contributed by atoms with E-state index in [2.05, 4.69) is 18.4 Å². The van der Waals surface area contributed by atoms with Crippen LogP contribution in [0.2, 0.25) is 0 Å². The lowest BCUT2D eigenvalue weighted by Crippen LogP contribution is -2.34. The van der Waals surface area contributed by atoms with Gasteiger partial charge >= 0.3 is 25.7 Å². The first-order chi connectivity index (χ1) is 28.6. The van der Waals surface area contributed by atoms with Crippen LogP contribution in [0.4, 0.5) is 0 Å². The van der Waals surface area contributed by atoms with E-state index in [4.69, 9.17) is 24.8 Å². The molecule has 0 bridgehead atoms. The fourth-order valence-electron chi connectivity index (χ4n) is 6.80. The van der Waals surface area contributed by atoms with Crippen LogP contribution in [0.25, 0.3) is 0 Å². The van der Waals surface area contributed by atoms with Gasteiger partial charge < -0.3 is 25.2 Å². The van der Waals surface area contributed by atoms with Crippen LogP contribution in [-0.4, -0.2) is 59.9 Å². The van der Waals surface area contributed by atoms with Crippen molar-refractivity contribution in [3.63, 3.8) is 0 Å². The van der Waals surface area contributed by atoms with Gasteiger partial charge in [0.1, 0.15) is 12.6 Å². The predicted molar refractivity (Wildman–Crippen MR) is 240 cm³/mol. The monoisotopic (exact) mass is 858 g/mol. The average molecular weight is 858 g/mol. The molecule has 0 amide bonds. The number of carbonyl (C=O) groups is 3. The van der Waals surface area contributed by atoms with Crippen LogP contribution >= 0.6 is 7.82 Å². The molecule has 0 aliphatic heterocycles. The summed E-state index contributed by atoms with van der Waals surface area (Å²) in [5.41, 5.74) is 5.34. The fraction of sp³-hybridized carbons (Fsp3) is 0.851. The van der Waals surface area contributed by atoms with Gasteiger partial charge in [-0.05, 0) is 19.3 Å². The molecule has 0 heterocycles. The minimum Gasteiger partial charge on any atom is -0.480 e. The van der Waals surface area contributed by atoms with Crippen molar-refractivity contribution in [2.45, 2.75) is 238 Å². The molecule has 346 valence electrons. The summed E-state index contributed by atoms with van der Waals surface area (Å²) in [5.74, 6) is -2.62. The number of esters is 2. The number of nitrogens with two attached hydrogens (primary N) is 1. The van der Waals surface area contributed by atoms with Crippen molar-refractivity contribution >= 4 is 25.7 Å². The normalized spacial score (nSPS) is 13.8. The molecular formula is C47H88NO10P. The molecule has 0 rings (SSSR count). The topological polar surface area (TPSA) is 172 Å². The summed E-state index contributed by atoms with van der Waals surface area (Å²) >= 11 is 0. The van der Waals surface area contributed by atoms with Crippen molar-refractivity contribution in [1.29, 1.82) is 0 Å². The Balaban J connectivity index is 4.33. The fourth-order valence-corrected chi connectivity index (χ4v) is 7.58. The summed E-state index contributed by atoms with van der Waals surface area (Å²) in [5, 5.41) is 8.90. The number of unbranched alkanes of at least 4 members (excludes halogenated alkanes) is 30. The third-order valence-corrected chi connectivity index (χ3v) is 11.5. The summed E-state index contributed by atoms with van der Waals surface area (Å²) in [6, 6.07) is -1.53. The van der Waals surface area contributed by atoms with E-state index in [-0.39, 0.29) is 6.42 Å². The zero-order valence-electron chi connectivity index (χ0n) is 37.6. The number of hydrogen-bond donors (Lipinski definition) is 3. The maximum Gasteiger partial charge on any atom is 0.472 e. The third-order valence-electron chi connectivity index (χ3n) is 10.6. The van der Waals surface area contributed by atoms with Crippen LogP contribution in [0.5, 0.6) is 0 Å². The Hall–Kier alpha value is -2.04. The van der Waals surface area contributed by atoms with Gasteiger partial charge in [0.15, 0.2) is 6.10 Å². The Morgan fingerprint density at radius 3 is 1.37 bits per heavy atom. The predicted octanol–water partition coefficient (Wildman–Crippen LogP) is 13.0. The Morgan fingerprint density at radius 1 is 0.559 bits per heavy atom. The summed E-state index contributed by atoms with van der Waals surface area (Å²) < 4.78 is 32.6. The van der Waals surface area contributed by atoms with Gasteiger partial charge in [0.05, 0.1) is 13.2 Å². The van der Waals surface area contributed by atoms with E-state index < -0.39 is 57.7 Å². The molecule has 0 aromatic rings. The van der Waals surface area contributed by atoms with Crippen LogP contribution in [0.3, 0.4) is 0 Å². The average Bonchev–Trinajstić information content (AvgIpc) is 3.21. The number of rotatable bonds is 45. The maximum atomic E-state index is 12.6. The second-order valence-electron chi connectivity index (χ2n) is 16.3. The molecule has 0 spiro atoms. The summed E-state index contributed by atoms with van der Waals surface area (Å²) in [4.78, 5) is 45.9. The van der Waals surface area contributed by atoms with Crippen LogP contribution in [0.15, 0.2) is 24.3 Å². The van der Waals surface area contributed by atoms with E-state index in [9.17, 15) is 23.8 Å². The number of aliphatic carboxylic acids is 1. The van der Waals surface area contributed by atoms with E-state index >= 15 is 0 Å². The van der Waals surface area contributed by atoms with Crippen molar-refractivity contribution < 1.29 is 47.5 Å². The number of carbonyl (C=O) groups excluding carboxylic acids is 2. The Labute approximate surface area is 360 Å². The first-order valence-corrected chi connectivity index (χ1v) is 25.4. The number of carboxylic acid groups (broad SMARTS) is 1. The highest BCUT2D eigenvalue weighted by Crippen LogP contribution is 2.43. The Bertz CT molecular complexity index is 1100. The van der Waals surface area contributed by atoms with E-state index in [0.717, 1.165) is 32.1 Å². The minimum absolute atomic E-state index is 0.147. The number of carboxylic acids is 1. The lowest BCUT2D eigenvalue weighted by molar-refractivity contribution is -0.159. The van der Waals surface area contributed by atoms with Crippen molar-refractivity contribution in [2.24, 2.45) is 5.73 Å². The number of phosphoric acid groups is 1. The van der Waals surface area contributed by atoms with Gasteiger partial charge in [-0.15, -0.1) is 0 Å². The molecular weight excluding hydrogens is 769 g/mol. The standard InChI is InChI=1S/C47H88NO10P/c1-3-5-7-9-11-13-15-17-19-20-21-22-23-25-27-29-31-33-35-37-39-46(50)58-43(41-56-59(53,54)57-42-44(48)47(51)52)40-55-45(49)38-36-34-32-30-28-26-24-18-16-14-12-10-8-6-4-2/h32,34,36,38,43-44H,3-31,33,35,37,39-42,48H2,1-2H3,(H,51,52)(H,53,54)/b34-32+,38-36+/t43-,44+/m1/s1. The SMILES string of the molecule is CCCCCCCCCCCCC/C=C/C=C/C(=O)OC[C@H](COP(=O)(O)OC[C@H](N)C(=O)O)OC(=O)CCCCCCCCCCCCCCCCCCCCCC. The molecule has 0 saturated carbocycles. The molecule has 0 aromatic heterocycles. The number of allylic oxidation sites excluding steroid dienone is 3. The van der Waals surface area contributed by atoms with Crippen molar-refractivity contribution in [3.05, 3.63) is 24.3 Å². The van der Waals surface area contributed by atoms with E-state index in [1.807, 2.05) is 6.08 Å². The van der Waals surface area contributed by atoms with Gasteiger partial charge in [0.2, 0.25) is 0 Å².